The summed E-state index contributed by atoms with van der Waals surface area (Å²) in [5, 5.41) is 16.4. The quantitative estimate of drug-likeness (QED) is 0.569. The zero-order valence-corrected chi connectivity index (χ0v) is 16.5. The number of hydrogen-bond donors (Lipinski definition) is 2. The maximum Gasteiger partial charge on any atom is 0.337 e. The number of phenols is 1. The fourth-order valence-electron chi connectivity index (χ4n) is 4.08. The highest BCUT2D eigenvalue weighted by Crippen LogP contribution is 2.50. The van der Waals surface area contributed by atoms with Crippen molar-refractivity contribution in [3.63, 3.8) is 0 Å². The second kappa shape index (κ2) is 6.27. The van der Waals surface area contributed by atoms with Crippen molar-refractivity contribution in [2.24, 2.45) is 0 Å². The number of ether oxygens (including phenoxy) is 2. The standard InChI is InChI=1S/C22H16BrNO4/c1-27-17-9-12(23)8-15(21(17)25)18-14-7-6-11-4-2-3-5-13(11)20(14)24-16-10-28-22(26)19(16)18/h2-9,18,24-25H,10H2,1H3. The first kappa shape index (κ1) is 17.1. The van der Waals surface area contributed by atoms with E-state index in [2.05, 4.69) is 21.2 Å². The molecule has 0 aromatic heterocycles. The number of rotatable bonds is 2. The van der Waals surface area contributed by atoms with Crippen molar-refractivity contribution < 1.29 is 19.4 Å². The molecular weight excluding hydrogens is 422 g/mol. The summed E-state index contributed by atoms with van der Waals surface area (Å²) in [7, 11) is 1.50. The van der Waals surface area contributed by atoms with Gasteiger partial charge in [0.15, 0.2) is 11.5 Å². The maximum absolute atomic E-state index is 12.6. The second-order valence-electron chi connectivity index (χ2n) is 6.82. The average molecular weight is 438 g/mol. The van der Waals surface area contributed by atoms with Crippen LogP contribution in [0.25, 0.3) is 10.8 Å². The number of carbonyl (C=O) groups excluding carboxylic acids is 1. The van der Waals surface area contributed by atoms with Crippen LogP contribution in [0.1, 0.15) is 17.0 Å². The van der Waals surface area contributed by atoms with Gasteiger partial charge >= 0.3 is 5.97 Å². The third kappa shape index (κ3) is 2.41. The molecule has 0 saturated heterocycles. The van der Waals surface area contributed by atoms with E-state index in [0.717, 1.165) is 32.2 Å². The third-order valence-electron chi connectivity index (χ3n) is 5.33. The van der Waals surface area contributed by atoms with Crippen molar-refractivity contribution in [3.05, 3.63) is 75.4 Å². The number of aromatic hydroxyl groups is 1. The SMILES string of the molecule is COc1cc(Br)cc(C2C3=C(COC3=O)Nc3c2ccc2ccccc32)c1O. The number of anilines is 1. The number of hydrogen-bond acceptors (Lipinski definition) is 5. The highest BCUT2D eigenvalue weighted by Gasteiger charge is 2.40. The number of fused-ring (bicyclic) bond motifs is 3. The molecule has 5 nitrogen and oxygen atoms in total. The smallest absolute Gasteiger partial charge is 0.337 e. The van der Waals surface area contributed by atoms with E-state index in [-0.39, 0.29) is 18.3 Å². The molecule has 0 saturated carbocycles. The molecular formula is C22H16BrNO4. The van der Waals surface area contributed by atoms with Gasteiger partial charge in [-0.1, -0.05) is 52.3 Å². The molecule has 2 aliphatic rings. The van der Waals surface area contributed by atoms with Gasteiger partial charge in [-0.15, -0.1) is 0 Å². The Morgan fingerprint density at radius 1 is 1.18 bits per heavy atom. The Labute approximate surface area is 169 Å². The topological polar surface area (TPSA) is 67.8 Å². The van der Waals surface area contributed by atoms with Crippen molar-refractivity contribution in [1.82, 2.24) is 0 Å². The van der Waals surface area contributed by atoms with Gasteiger partial charge in [0.2, 0.25) is 0 Å². The van der Waals surface area contributed by atoms with Crippen LogP contribution in [0, 0.1) is 0 Å². The Morgan fingerprint density at radius 3 is 2.82 bits per heavy atom. The van der Waals surface area contributed by atoms with Crippen molar-refractivity contribution in [2.45, 2.75) is 5.92 Å². The number of esters is 1. The van der Waals surface area contributed by atoms with E-state index in [9.17, 15) is 9.90 Å². The zero-order chi connectivity index (χ0) is 19.4. The summed E-state index contributed by atoms with van der Waals surface area (Å²) in [5.74, 6) is -0.469. The summed E-state index contributed by atoms with van der Waals surface area (Å²) in [6, 6.07) is 15.6. The van der Waals surface area contributed by atoms with Crippen LogP contribution in [-0.2, 0) is 9.53 Å². The molecule has 1 unspecified atom stereocenters. The fourth-order valence-corrected chi connectivity index (χ4v) is 4.53. The van der Waals surface area contributed by atoms with Gasteiger partial charge in [-0.05, 0) is 23.1 Å². The lowest BCUT2D eigenvalue weighted by molar-refractivity contribution is -0.136. The Hall–Kier alpha value is -2.99. The van der Waals surface area contributed by atoms with E-state index in [4.69, 9.17) is 9.47 Å². The third-order valence-corrected chi connectivity index (χ3v) is 5.79. The highest BCUT2D eigenvalue weighted by molar-refractivity contribution is 9.10. The van der Waals surface area contributed by atoms with Crippen LogP contribution in [0.5, 0.6) is 11.5 Å². The first-order valence-corrected chi connectivity index (χ1v) is 9.63. The number of benzene rings is 3. The molecule has 0 bridgehead atoms. The van der Waals surface area contributed by atoms with Gasteiger partial charge in [0.1, 0.15) is 6.61 Å². The number of cyclic esters (lactones) is 1. The lowest BCUT2D eigenvalue weighted by Gasteiger charge is -2.29. The summed E-state index contributed by atoms with van der Waals surface area (Å²) in [6.45, 7) is 0.194. The number of methoxy groups -OCH3 is 1. The molecule has 1 atom stereocenters. The first-order chi connectivity index (χ1) is 13.6. The number of phenolic OH excluding ortho intramolecular Hbond substituents is 1. The van der Waals surface area contributed by atoms with E-state index >= 15 is 0 Å². The summed E-state index contributed by atoms with van der Waals surface area (Å²) in [6.07, 6.45) is 0. The summed E-state index contributed by atoms with van der Waals surface area (Å²) in [5.41, 5.74) is 3.69. The Bertz CT molecular complexity index is 1180. The fraction of sp³-hybridized carbons (Fsp3) is 0.136. The Morgan fingerprint density at radius 2 is 2.00 bits per heavy atom. The molecule has 0 spiro atoms. The van der Waals surface area contributed by atoms with E-state index < -0.39 is 5.92 Å². The van der Waals surface area contributed by atoms with Gasteiger partial charge < -0.3 is 19.9 Å². The van der Waals surface area contributed by atoms with Gasteiger partial charge in [0, 0.05) is 21.3 Å². The number of halogens is 1. The number of carbonyl (C=O) groups is 1. The molecule has 0 aliphatic carbocycles. The normalized spacial score (nSPS) is 17.8. The van der Waals surface area contributed by atoms with Crippen LogP contribution in [-0.4, -0.2) is 24.8 Å². The van der Waals surface area contributed by atoms with E-state index in [0.29, 0.717) is 16.9 Å². The van der Waals surface area contributed by atoms with Gasteiger partial charge in [-0.3, -0.25) is 0 Å². The van der Waals surface area contributed by atoms with Crippen molar-refractivity contribution >= 4 is 38.4 Å². The molecule has 3 aromatic carbocycles. The molecule has 0 fully saturated rings. The van der Waals surface area contributed by atoms with Crippen LogP contribution in [0.3, 0.4) is 0 Å². The molecule has 3 aromatic rings. The molecule has 140 valence electrons. The van der Waals surface area contributed by atoms with E-state index in [1.807, 2.05) is 42.5 Å². The Kier molecular flexibility index (Phi) is 3.84. The van der Waals surface area contributed by atoms with Crippen LogP contribution < -0.4 is 10.1 Å². The van der Waals surface area contributed by atoms with Crippen LogP contribution in [0.4, 0.5) is 5.69 Å². The van der Waals surface area contributed by atoms with Gasteiger partial charge in [-0.2, -0.15) is 0 Å². The minimum Gasteiger partial charge on any atom is -0.504 e. The monoisotopic (exact) mass is 437 g/mol. The van der Waals surface area contributed by atoms with E-state index in [1.54, 1.807) is 6.07 Å². The second-order valence-corrected chi connectivity index (χ2v) is 7.74. The molecule has 2 heterocycles. The van der Waals surface area contributed by atoms with Crippen LogP contribution in [0.2, 0.25) is 0 Å². The van der Waals surface area contributed by atoms with Crippen molar-refractivity contribution in [1.29, 1.82) is 0 Å². The average Bonchev–Trinajstić information content (AvgIpc) is 3.08. The predicted octanol–water partition coefficient (Wildman–Crippen LogP) is 4.68. The van der Waals surface area contributed by atoms with Gasteiger partial charge in [0.25, 0.3) is 0 Å². The van der Waals surface area contributed by atoms with Gasteiger partial charge in [-0.25, -0.2) is 4.79 Å². The lowest BCUT2D eigenvalue weighted by atomic mass is 9.79. The van der Waals surface area contributed by atoms with Crippen molar-refractivity contribution in [3.8, 4) is 11.5 Å². The van der Waals surface area contributed by atoms with Crippen LogP contribution in [0.15, 0.2) is 64.3 Å². The minimum atomic E-state index is -0.461. The first-order valence-electron chi connectivity index (χ1n) is 8.83. The maximum atomic E-state index is 12.6. The molecule has 2 N–H and O–H groups in total. The summed E-state index contributed by atoms with van der Waals surface area (Å²) >= 11 is 3.48. The highest BCUT2D eigenvalue weighted by atomic mass is 79.9. The molecule has 28 heavy (non-hydrogen) atoms. The molecule has 2 aliphatic heterocycles. The largest absolute Gasteiger partial charge is 0.504 e. The molecule has 6 heteroatoms. The van der Waals surface area contributed by atoms with E-state index in [1.165, 1.54) is 7.11 Å². The number of nitrogens with one attached hydrogen (secondary N) is 1. The van der Waals surface area contributed by atoms with Crippen LogP contribution >= 0.6 is 15.9 Å². The zero-order valence-electron chi connectivity index (χ0n) is 15.0. The molecule has 5 rings (SSSR count). The Balaban J connectivity index is 1.83. The van der Waals surface area contributed by atoms with Crippen molar-refractivity contribution in [2.75, 3.05) is 19.0 Å². The molecule has 0 amide bonds. The van der Waals surface area contributed by atoms with Gasteiger partial charge in [0.05, 0.1) is 24.1 Å². The summed E-state index contributed by atoms with van der Waals surface area (Å²) < 4.78 is 11.4. The lowest BCUT2D eigenvalue weighted by Crippen LogP contribution is -2.20. The predicted molar refractivity (Wildman–Crippen MR) is 110 cm³/mol. The minimum absolute atomic E-state index is 0.0169. The summed E-state index contributed by atoms with van der Waals surface area (Å²) in [4.78, 5) is 12.6. The molecule has 0 radical (unpaired) electrons.